The molecule has 1 aliphatic rings. The van der Waals surface area contributed by atoms with E-state index < -0.39 is 5.60 Å². The van der Waals surface area contributed by atoms with Gasteiger partial charge in [-0.05, 0) is 6.07 Å². The molecule has 0 radical (unpaired) electrons. The van der Waals surface area contributed by atoms with Crippen LogP contribution in [0.5, 0.6) is 0 Å². The molecular weight excluding hydrogens is 210 g/mol. The molecule has 78 valence electrons. The summed E-state index contributed by atoms with van der Waals surface area (Å²) >= 11 is 1.40. The number of terminal acetylenes is 1. The maximum atomic E-state index is 10.5. The number of carbonyl (C=O) groups is 1. The maximum absolute atomic E-state index is 10.5. The number of rotatable bonds is 2. The maximum Gasteiger partial charge on any atom is 0.160 e. The highest BCUT2D eigenvalue weighted by atomic mass is 32.1. The number of anilines is 1. The summed E-state index contributed by atoms with van der Waals surface area (Å²) in [4.78, 5) is 13.2. The van der Waals surface area contributed by atoms with E-state index in [0.29, 0.717) is 17.8 Å². The average Bonchev–Trinajstić information content (AvgIpc) is 2.84. The van der Waals surface area contributed by atoms with E-state index in [2.05, 4.69) is 5.92 Å². The van der Waals surface area contributed by atoms with Crippen LogP contribution < -0.4 is 4.90 Å². The summed E-state index contributed by atoms with van der Waals surface area (Å²) in [7, 11) is 0. The predicted octanol–water partition coefficient (Wildman–Crippen LogP) is 1.14. The molecule has 4 heteroatoms. The predicted molar refractivity (Wildman–Crippen MR) is 60.3 cm³/mol. The molecule has 1 aromatic rings. The lowest BCUT2D eigenvalue weighted by Gasteiger charge is -2.18. The van der Waals surface area contributed by atoms with Crippen LogP contribution in [-0.4, -0.2) is 30.1 Å². The van der Waals surface area contributed by atoms with Crippen LogP contribution in [0.3, 0.4) is 0 Å². The third kappa shape index (κ3) is 1.89. The molecule has 2 rings (SSSR count). The molecule has 0 amide bonds. The summed E-state index contributed by atoms with van der Waals surface area (Å²) < 4.78 is 0. The molecule has 3 nitrogen and oxygen atoms in total. The first-order chi connectivity index (χ1) is 7.17. The molecule has 1 unspecified atom stereocenters. The Hall–Kier alpha value is -1.31. The third-order valence-corrected chi connectivity index (χ3v) is 3.45. The highest BCUT2D eigenvalue weighted by Gasteiger charge is 2.34. The zero-order chi connectivity index (χ0) is 10.9. The Labute approximate surface area is 92.3 Å². The van der Waals surface area contributed by atoms with E-state index in [1.807, 2.05) is 16.3 Å². The van der Waals surface area contributed by atoms with Gasteiger partial charge in [0, 0.05) is 24.0 Å². The minimum absolute atomic E-state index is 0.443. The summed E-state index contributed by atoms with van der Waals surface area (Å²) in [6.45, 7) is 1.17. The first kappa shape index (κ1) is 10.2. The highest BCUT2D eigenvalue weighted by Crippen LogP contribution is 2.29. The number of carbonyl (C=O) groups excluding carboxylic acids is 1. The molecule has 1 aliphatic heterocycles. The number of aldehydes is 1. The Morgan fingerprint density at radius 2 is 2.53 bits per heavy atom. The van der Waals surface area contributed by atoms with Crippen LogP contribution in [0.4, 0.5) is 5.69 Å². The topological polar surface area (TPSA) is 40.5 Å². The van der Waals surface area contributed by atoms with Gasteiger partial charge in [-0.25, -0.2) is 0 Å². The Balaban J connectivity index is 2.15. The van der Waals surface area contributed by atoms with Crippen LogP contribution in [-0.2, 0) is 0 Å². The van der Waals surface area contributed by atoms with Gasteiger partial charge in [0.25, 0.3) is 0 Å². The second-order valence-corrected chi connectivity index (χ2v) is 4.62. The van der Waals surface area contributed by atoms with E-state index in [-0.39, 0.29) is 0 Å². The van der Waals surface area contributed by atoms with E-state index in [9.17, 15) is 9.90 Å². The number of aliphatic hydroxyl groups is 1. The minimum atomic E-state index is -1.01. The molecular formula is C11H11NO2S. The second kappa shape index (κ2) is 3.69. The zero-order valence-electron chi connectivity index (χ0n) is 8.14. The van der Waals surface area contributed by atoms with E-state index in [1.165, 1.54) is 11.3 Å². The fraction of sp³-hybridized carbons (Fsp3) is 0.364. The molecule has 2 heterocycles. The number of β-amino-alcohol motifs (C(OH)–C–C–N with tert-alkyl or cyclic N) is 1. The van der Waals surface area contributed by atoms with Crippen LogP contribution in [0.2, 0.25) is 0 Å². The lowest BCUT2D eigenvalue weighted by Crippen LogP contribution is -2.31. The highest BCUT2D eigenvalue weighted by molar-refractivity contribution is 7.12. The largest absolute Gasteiger partial charge is 0.376 e. The second-order valence-electron chi connectivity index (χ2n) is 3.67. The van der Waals surface area contributed by atoms with Crippen molar-refractivity contribution in [3.63, 3.8) is 0 Å². The fourth-order valence-electron chi connectivity index (χ4n) is 1.70. The van der Waals surface area contributed by atoms with E-state index >= 15 is 0 Å². The monoisotopic (exact) mass is 221 g/mol. The molecule has 0 spiro atoms. The molecule has 15 heavy (non-hydrogen) atoms. The number of nitrogens with zero attached hydrogens (tertiary/aromatic N) is 1. The lowest BCUT2D eigenvalue weighted by atomic mass is 10.1. The normalized spacial score (nSPS) is 25.2. The van der Waals surface area contributed by atoms with Gasteiger partial charge in [0.1, 0.15) is 5.60 Å². The molecule has 0 aromatic carbocycles. The quantitative estimate of drug-likeness (QED) is 0.601. The first-order valence-corrected chi connectivity index (χ1v) is 5.54. The van der Waals surface area contributed by atoms with Gasteiger partial charge in [-0.2, -0.15) is 0 Å². The van der Waals surface area contributed by atoms with Crippen molar-refractivity contribution >= 4 is 23.3 Å². The number of hydrogen-bond donors (Lipinski definition) is 1. The van der Waals surface area contributed by atoms with Gasteiger partial charge in [0.15, 0.2) is 6.29 Å². The fourth-order valence-corrected chi connectivity index (χ4v) is 2.42. The molecule has 0 aliphatic carbocycles. The molecule has 1 N–H and O–H groups in total. The molecule has 0 bridgehead atoms. The van der Waals surface area contributed by atoms with E-state index in [1.54, 1.807) is 0 Å². The summed E-state index contributed by atoms with van der Waals surface area (Å²) in [5.74, 6) is 2.41. The molecule has 1 aromatic heterocycles. The van der Waals surface area contributed by atoms with Crippen molar-refractivity contribution in [1.29, 1.82) is 0 Å². The van der Waals surface area contributed by atoms with Crippen molar-refractivity contribution in [2.45, 2.75) is 12.0 Å². The summed E-state index contributed by atoms with van der Waals surface area (Å²) in [6.07, 6.45) is 6.67. The summed E-state index contributed by atoms with van der Waals surface area (Å²) in [5.41, 5.74) is -0.0446. The Kier molecular flexibility index (Phi) is 2.51. The van der Waals surface area contributed by atoms with Gasteiger partial charge < -0.3 is 10.0 Å². The molecule has 1 saturated heterocycles. The van der Waals surface area contributed by atoms with Gasteiger partial charge in [-0.15, -0.1) is 17.8 Å². The SMILES string of the molecule is C#CC1(O)CCN(c2csc(C=O)c2)C1. The van der Waals surface area contributed by atoms with Gasteiger partial charge in [0.2, 0.25) is 0 Å². The van der Waals surface area contributed by atoms with E-state index in [4.69, 9.17) is 6.42 Å². The van der Waals surface area contributed by atoms with Crippen molar-refractivity contribution in [3.8, 4) is 12.3 Å². The van der Waals surface area contributed by atoms with Crippen LogP contribution in [0.25, 0.3) is 0 Å². The Bertz CT molecular complexity index is 420. The van der Waals surface area contributed by atoms with Crippen molar-refractivity contribution < 1.29 is 9.90 Å². The first-order valence-electron chi connectivity index (χ1n) is 4.66. The molecule has 1 atom stereocenters. The standard InChI is InChI=1S/C11H11NO2S/c1-2-11(14)3-4-12(8-11)9-5-10(6-13)15-7-9/h1,5-7,14H,3-4,8H2. The summed E-state index contributed by atoms with van der Waals surface area (Å²) in [5, 5.41) is 11.8. The van der Waals surface area contributed by atoms with Crippen molar-refractivity contribution in [3.05, 3.63) is 16.3 Å². The van der Waals surface area contributed by atoms with Crippen LogP contribution in [0.1, 0.15) is 16.1 Å². The minimum Gasteiger partial charge on any atom is -0.376 e. The average molecular weight is 221 g/mol. The van der Waals surface area contributed by atoms with Crippen molar-refractivity contribution in [2.75, 3.05) is 18.0 Å². The van der Waals surface area contributed by atoms with Crippen LogP contribution in [0, 0.1) is 12.3 Å². The van der Waals surface area contributed by atoms with Crippen LogP contribution in [0.15, 0.2) is 11.4 Å². The number of thiophene rings is 1. The summed E-state index contributed by atoms with van der Waals surface area (Å²) in [6, 6.07) is 1.82. The van der Waals surface area contributed by atoms with Crippen LogP contribution >= 0.6 is 11.3 Å². The molecule has 0 saturated carbocycles. The Morgan fingerprint density at radius 3 is 3.07 bits per heavy atom. The van der Waals surface area contributed by atoms with Gasteiger partial charge in [0.05, 0.1) is 11.4 Å². The molecule has 1 fully saturated rings. The zero-order valence-corrected chi connectivity index (χ0v) is 8.96. The van der Waals surface area contributed by atoms with Gasteiger partial charge >= 0.3 is 0 Å². The van der Waals surface area contributed by atoms with Crippen molar-refractivity contribution in [2.24, 2.45) is 0 Å². The van der Waals surface area contributed by atoms with Gasteiger partial charge in [-0.3, -0.25) is 4.79 Å². The van der Waals surface area contributed by atoms with Crippen molar-refractivity contribution in [1.82, 2.24) is 0 Å². The smallest absolute Gasteiger partial charge is 0.160 e. The lowest BCUT2D eigenvalue weighted by molar-refractivity contribution is 0.112. The number of hydrogen-bond acceptors (Lipinski definition) is 4. The van der Waals surface area contributed by atoms with E-state index in [0.717, 1.165) is 18.5 Å². The third-order valence-electron chi connectivity index (χ3n) is 2.60. The van der Waals surface area contributed by atoms with Gasteiger partial charge in [-0.1, -0.05) is 5.92 Å². The Morgan fingerprint density at radius 1 is 1.73 bits per heavy atom.